The van der Waals surface area contributed by atoms with E-state index in [0.717, 1.165) is 9.80 Å². The van der Waals surface area contributed by atoms with Gasteiger partial charge in [-0.25, -0.2) is 4.79 Å². The van der Waals surface area contributed by atoms with E-state index in [0.29, 0.717) is 16.1 Å². The topological polar surface area (TPSA) is 74.8 Å². The summed E-state index contributed by atoms with van der Waals surface area (Å²) in [5.74, 6) is -3.38. The Morgan fingerprint density at radius 3 is 1.74 bits per heavy atom. The molecule has 6 nitrogen and oxygen atoms in total. The highest BCUT2D eigenvalue weighted by molar-refractivity contribution is 6.30. The van der Waals surface area contributed by atoms with Gasteiger partial charge in [0.15, 0.2) is 5.78 Å². The van der Waals surface area contributed by atoms with Crippen LogP contribution in [0.25, 0.3) is 0 Å². The molecule has 4 amide bonds. The maximum absolute atomic E-state index is 13.8. The molecule has 1 fully saturated rings. The first-order valence-electron chi connectivity index (χ1n) is 11.3. The molecular formula is C27H31ClN2O4. The van der Waals surface area contributed by atoms with E-state index in [-0.39, 0.29) is 12.2 Å². The minimum atomic E-state index is -1.23. The lowest BCUT2D eigenvalue weighted by Crippen LogP contribution is -2.68. The summed E-state index contributed by atoms with van der Waals surface area (Å²) >= 11 is 6.08. The van der Waals surface area contributed by atoms with Crippen LogP contribution in [0.5, 0.6) is 0 Å². The number of imide groups is 2. The van der Waals surface area contributed by atoms with Crippen LogP contribution >= 0.6 is 11.6 Å². The third kappa shape index (κ3) is 5.07. The molecule has 0 radical (unpaired) electrons. The molecule has 0 aliphatic carbocycles. The number of barbiturate groups is 1. The van der Waals surface area contributed by atoms with Crippen molar-refractivity contribution in [1.29, 1.82) is 0 Å². The smallest absolute Gasteiger partial charge is 0.294 e. The van der Waals surface area contributed by atoms with Crippen LogP contribution < -0.4 is 0 Å². The van der Waals surface area contributed by atoms with E-state index in [1.165, 1.54) is 0 Å². The maximum atomic E-state index is 13.8. The van der Waals surface area contributed by atoms with Crippen molar-refractivity contribution in [3.8, 4) is 0 Å². The molecule has 0 bridgehead atoms. The fraction of sp³-hybridized carbons (Fsp3) is 0.407. The number of carbonyl (C=O) groups excluding carboxylic acids is 4. The molecular weight excluding hydrogens is 452 g/mol. The minimum Gasteiger partial charge on any atom is -0.294 e. The van der Waals surface area contributed by atoms with E-state index < -0.39 is 40.8 Å². The Kier molecular flexibility index (Phi) is 7.04. The first-order chi connectivity index (χ1) is 15.7. The summed E-state index contributed by atoms with van der Waals surface area (Å²) in [6.45, 7) is 10.5. The Labute approximate surface area is 205 Å². The Hall–Kier alpha value is -2.99. The number of amides is 4. The van der Waals surface area contributed by atoms with Crippen molar-refractivity contribution in [1.82, 2.24) is 9.80 Å². The van der Waals surface area contributed by atoms with Gasteiger partial charge in [0.1, 0.15) is 5.92 Å². The van der Waals surface area contributed by atoms with Gasteiger partial charge < -0.3 is 0 Å². The summed E-state index contributed by atoms with van der Waals surface area (Å²) in [5.41, 5.74) is -0.582. The Morgan fingerprint density at radius 1 is 0.824 bits per heavy atom. The highest BCUT2D eigenvalue weighted by atomic mass is 35.5. The predicted molar refractivity (Wildman–Crippen MR) is 132 cm³/mol. The molecule has 1 aliphatic rings. The molecule has 0 spiro atoms. The number of halogens is 1. The third-order valence-electron chi connectivity index (χ3n) is 5.90. The van der Waals surface area contributed by atoms with E-state index in [2.05, 4.69) is 0 Å². The fourth-order valence-corrected chi connectivity index (χ4v) is 4.46. The maximum Gasteiger partial charge on any atom is 0.334 e. The summed E-state index contributed by atoms with van der Waals surface area (Å²) in [5, 5.41) is 0.501. The molecule has 2 aromatic rings. The molecule has 1 atom stereocenters. The fourth-order valence-electron chi connectivity index (χ4n) is 4.33. The number of carbonyl (C=O) groups is 4. The molecule has 0 saturated carbocycles. The van der Waals surface area contributed by atoms with Crippen molar-refractivity contribution < 1.29 is 19.2 Å². The zero-order valence-electron chi connectivity index (χ0n) is 20.5. The van der Waals surface area contributed by atoms with Gasteiger partial charge in [-0.05, 0) is 59.2 Å². The van der Waals surface area contributed by atoms with Gasteiger partial charge in [-0.15, -0.1) is 0 Å². The number of Topliss-reactive ketones (excluding diaryl/α,β-unsaturated/α-hetero) is 1. The van der Waals surface area contributed by atoms with E-state index in [4.69, 9.17) is 11.6 Å². The van der Waals surface area contributed by atoms with Gasteiger partial charge in [-0.3, -0.25) is 24.2 Å². The number of nitrogens with zero attached hydrogens (tertiary/aromatic N) is 2. The summed E-state index contributed by atoms with van der Waals surface area (Å²) in [6, 6.07) is 14.9. The predicted octanol–water partition coefficient (Wildman–Crippen LogP) is 5.70. The molecule has 0 N–H and O–H groups in total. The van der Waals surface area contributed by atoms with E-state index in [9.17, 15) is 19.2 Å². The van der Waals surface area contributed by atoms with Crippen molar-refractivity contribution in [3.05, 3.63) is 70.7 Å². The standard InChI is InChI=1S/C27H31ClN2O4/c1-26(2,3)29-23(32)22(24(33)30(25(29)34)27(4,5)6)20(17-12-14-19(28)15-13-17)16-21(31)18-10-8-7-9-11-18/h7-15,20,22H,16H2,1-6H3/t20-/m1/s1. The van der Waals surface area contributed by atoms with Crippen LogP contribution in [0.1, 0.15) is 69.8 Å². The van der Waals surface area contributed by atoms with Crippen LogP contribution in [0, 0.1) is 5.92 Å². The Balaban J connectivity index is 2.16. The summed E-state index contributed by atoms with van der Waals surface area (Å²) < 4.78 is 0. The normalized spacial score (nSPS) is 16.7. The van der Waals surface area contributed by atoms with E-state index in [1.54, 1.807) is 90.1 Å². The minimum absolute atomic E-state index is 0.0715. The lowest BCUT2D eigenvalue weighted by molar-refractivity contribution is -0.156. The summed E-state index contributed by atoms with van der Waals surface area (Å²) in [6.07, 6.45) is -0.0715. The van der Waals surface area contributed by atoms with Crippen molar-refractivity contribution in [2.75, 3.05) is 0 Å². The second kappa shape index (κ2) is 9.34. The Bertz CT molecular complexity index is 1060. The average Bonchev–Trinajstić information content (AvgIpc) is 2.72. The van der Waals surface area contributed by atoms with Crippen LogP contribution in [0.4, 0.5) is 4.79 Å². The van der Waals surface area contributed by atoms with Gasteiger partial charge >= 0.3 is 6.03 Å². The monoisotopic (exact) mass is 482 g/mol. The van der Waals surface area contributed by atoms with Gasteiger partial charge in [0.2, 0.25) is 11.8 Å². The first-order valence-corrected chi connectivity index (χ1v) is 11.7. The van der Waals surface area contributed by atoms with Crippen LogP contribution in [0.2, 0.25) is 5.02 Å². The molecule has 34 heavy (non-hydrogen) atoms. The number of benzene rings is 2. The molecule has 180 valence electrons. The van der Waals surface area contributed by atoms with Crippen molar-refractivity contribution >= 4 is 35.2 Å². The Morgan fingerprint density at radius 2 is 1.29 bits per heavy atom. The van der Waals surface area contributed by atoms with Gasteiger partial charge in [-0.2, -0.15) is 0 Å². The number of rotatable bonds is 5. The molecule has 0 aromatic heterocycles. The first kappa shape index (κ1) is 25.6. The summed E-state index contributed by atoms with van der Waals surface area (Å²) in [4.78, 5) is 56.5. The number of ketones is 1. The second-order valence-corrected chi connectivity index (χ2v) is 11.0. The quantitative estimate of drug-likeness (QED) is 0.404. The zero-order valence-corrected chi connectivity index (χ0v) is 21.2. The highest BCUT2D eigenvalue weighted by Crippen LogP contribution is 2.39. The number of hydrogen-bond acceptors (Lipinski definition) is 4. The lowest BCUT2D eigenvalue weighted by atomic mass is 9.77. The molecule has 1 heterocycles. The van der Waals surface area contributed by atoms with E-state index >= 15 is 0 Å². The van der Waals surface area contributed by atoms with Gasteiger partial charge in [0, 0.05) is 34.0 Å². The number of hydrogen-bond donors (Lipinski definition) is 0. The molecule has 1 saturated heterocycles. The van der Waals surface area contributed by atoms with Crippen molar-refractivity contribution in [2.24, 2.45) is 5.92 Å². The lowest BCUT2D eigenvalue weighted by Gasteiger charge is -2.48. The molecule has 0 unspecified atom stereocenters. The molecule has 3 rings (SSSR count). The van der Waals surface area contributed by atoms with Gasteiger partial charge in [0.05, 0.1) is 0 Å². The van der Waals surface area contributed by atoms with E-state index in [1.807, 2.05) is 6.07 Å². The largest absolute Gasteiger partial charge is 0.334 e. The van der Waals surface area contributed by atoms with Crippen LogP contribution in [-0.2, 0) is 9.59 Å². The van der Waals surface area contributed by atoms with Gasteiger partial charge in [-0.1, -0.05) is 54.1 Å². The molecule has 2 aromatic carbocycles. The molecule has 1 aliphatic heterocycles. The highest BCUT2D eigenvalue weighted by Gasteiger charge is 2.55. The average molecular weight is 483 g/mol. The van der Waals surface area contributed by atoms with Crippen molar-refractivity contribution in [2.45, 2.75) is 65.0 Å². The second-order valence-electron chi connectivity index (χ2n) is 10.6. The third-order valence-corrected chi connectivity index (χ3v) is 6.15. The van der Waals surface area contributed by atoms with Crippen LogP contribution in [0.3, 0.4) is 0 Å². The van der Waals surface area contributed by atoms with Gasteiger partial charge in [0.25, 0.3) is 0 Å². The summed E-state index contributed by atoms with van der Waals surface area (Å²) in [7, 11) is 0. The van der Waals surface area contributed by atoms with Crippen LogP contribution in [0.15, 0.2) is 54.6 Å². The van der Waals surface area contributed by atoms with Crippen LogP contribution in [-0.4, -0.2) is 44.5 Å². The van der Waals surface area contributed by atoms with Crippen molar-refractivity contribution in [3.63, 3.8) is 0 Å². The zero-order chi connectivity index (χ0) is 25.4. The SMILES string of the molecule is CC(C)(C)N1C(=O)C([C@H](CC(=O)c2ccccc2)c2ccc(Cl)cc2)C(=O)N(C(C)(C)C)C1=O. The number of urea groups is 1. The molecule has 7 heteroatoms.